The van der Waals surface area contributed by atoms with Crippen molar-refractivity contribution in [1.82, 2.24) is 0 Å². The number of hydrogen-bond donors (Lipinski definition) is 2. The summed E-state index contributed by atoms with van der Waals surface area (Å²) in [5.41, 5.74) is 12.4. The first-order valence-electron chi connectivity index (χ1n) is 6.73. The second kappa shape index (κ2) is 8.05. The van der Waals surface area contributed by atoms with E-state index in [0.717, 1.165) is 12.0 Å². The Balaban J connectivity index is 1.92. The molecule has 2 aromatic rings. The number of guanidine groups is 1. The minimum Gasteiger partial charge on any atom is -0.492 e. The van der Waals surface area contributed by atoms with Crippen molar-refractivity contribution in [3.05, 3.63) is 64.7 Å². The van der Waals surface area contributed by atoms with Crippen LogP contribution >= 0.6 is 11.6 Å². The zero-order valence-corrected chi connectivity index (χ0v) is 12.7. The monoisotopic (exact) mass is 316 g/mol. The van der Waals surface area contributed by atoms with Crippen molar-refractivity contribution in [3.63, 3.8) is 0 Å². The molecular weight excluding hydrogens is 300 g/mol. The van der Waals surface area contributed by atoms with Crippen molar-refractivity contribution in [2.75, 3.05) is 6.61 Å². The molecule has 0 amide bonds. The Bertz CT molecular complexity index is 667. The minimum atomic E-state index is -0.0942. The van der Waals surface area contributed by atoms with Gasteiger partial charge < -0.3 is 16.2 Å². The average molecular weight is 317 g/mol. The third kappa shape index (κ3) is 5.10. The third-order valence-electron chi connectivity index (χ3n) is 2.83. The number of nitrogens with zero attached hydrogens (tertiary/aromatic N) is 2. The average Bonchev–Trinajstić information content (AvgIpc) is 2.50. The van der Waals surface area contributed by atoms with E-state index in [0.29, 0.717) is 17.4 Å². The lowest BCUT2D eigenvalue weighted by Gasteiger charge is -2.08. The van der Waals surface area contributed by atoms with E-state index in [4.69, 9.17) is 27.8 Å². The van der Waals surface area contributed by atoms with Crippen LogP contribution in [0.5, 0.6) is 5.75 Å². The van der Waals surface area contributed by atoms with Crippen LogP contribution in [0.1, 0.15) is 11.1 Å². The molecule has 0 aromatic heterocycles. The van der Waals surface area contributed by atoms with Crippen molar-refractivity contribution in [3.8, 4) is 5.75 Å². The fraction of sp³-hybridized carbons (Fsp3) is 0.125. The zero-order valence-electron chi connectivity index (χ0n) is 11.9. The lowest BCUT2D eigenvalue weighted by atomic mass is 10.2. The van der Waals surface area contributed by atoms with Gasteiger partial charge in [-0.25, -0.2) is 0 Å². The van der Waals surface area contributed by atoms with Crippen molar-refractivity contribution in [2.24, 2.45) is 21.7 Å². The molecule has 22 heavy (non-hydrogen) atoms. The van der Waals surface area contributed by atoms with E-state index in [9.17, 15) is 0 Å². The molecular formula is C16H17ClN4O. The Morgan fingerprint density at radius 3 is 2.59 bits per heavy atom. The van der Waals surface area contributed by atoms with Gasteiger partial charge in [-0.1, -0.05) is 41.9 Å². The second-order valence-electron chi connectivity index (χ2n) is 4.54. The van der Waals surface area contributed by atoms with Crippen molar-refractivity contribution < 1.29 is 4.74 Å². The summed E-state index contributed by atoms with van der Waals surface area (Å²) < 4.78 is 5.69. The van der Waals surface area contributed by atoms with Crippen LogP contribution in [0.4, 0.5) is 0 Å². The largest absolute Gasteiger partial charge is 0.492 e. The summed E-state index contributed by atoms with van der Waals surface area (Å²) in [4.78, 5) is 0. The maximum absolute atomic E-state index is 6.18. The highest BCUT2D eigenvalue weighted by Crippen LogP contribution is 2.25. The third-order valence-corrected chi connectivity index (χ3v) is 3.12. The van der Waals surface area contributed by atoms with E-state index in [1.54, 1.807) is 12.1 Å². The van der Waals surface area contributed by atoms with Crippen LogP contribution in [0, 0.1) is 0 Å². The first-order valence-corrected chi connectivity index (χ1v) is 7.11. The summed E-state index contributed by atoms with van der Waals surface area (Å²) in [6, 6.07) is 15.5. The summed E-state index contributed by atoms with van der Waals surface area (Å²) in [6.45, 7) is 0.561. The molecule has 0 aliphatic rings. The summed E-state index contributed by atoms with van der Waals surface area (Å²) in [5, 5.41) is 7.77. The number of nitrogens with two attached hydrogens (primary N) is 2. The van der Waals surface area contributed by atoms with Gasteiger partial charge in [0.05, 0.1) is 17.8 Å². The Morgan fingerprint density at radius 1 is 1.14 bits per heavy atom. The van der Waals surface area contributed by atoms with Crippen molar-refractivity contribution in [1.29, 1.82) is 0 Å². The molecule has 4 N–H and O–H groups in total. The van der Waals surface area contributed by atoms with E-state index in [1.807, 2.05) is 24.3 Å². The molecule has 0 fully saturated rings. The molecule has 2 aromatic carbocycles. The summed E-state index contributed by atoms with van der Waals surface area (Å²) >= 11 is 6.18. The van der Waals surface area contributed by atoms with Crippen LogP contribution in [-0.4, -0.2) is 18.8 Å². The molecule has 0 aliphatic carbocycles. The number of benzene rings is 2. The standard InChI is InChI=1S/C16H17ClN4O/c17-14-10-13(11-20-21-16(18)19)6-7-15(14)22-9-8-12-4-2-1-3-5-12/h1-7,10-11H,8-9H2,(H4,18,19,21). The second-order valence-corrected chi connectivity index (χ2v) is 4.95. The molecule has 0 atom stereocenters. The van der Waals surface area contributed by atoms with Gasteiger partial charge >= 0.3 is 0 Å². The molecule has 0 bridgehead atoms. The van der Waals surface area contributed by atoms with Crippen LogP contribution in [0.2, 0.25) is 5.02 Å². The first kappa shape index (κ1) is 15.9. The number of ether oxygens (including phenoxy) is 1. The Morgan fingerprint density at radius 2 is 1.91 bits per heavy atom. The van der Waals surface area contributed by atoms with Gasteiger partial charge in [-0.2, -0.15) is 5.10 Å². The molecule has 2 rings (SSSR count). The van der Waals surface area contributed by atoms with Crippen molar-refractivity contribution in [2.45, 2.75) is 6.42 Å². The summed E-state index contributed by atoms with van der Waals surface area (Å²) in [7, 11) is 0. The number of hydrogen-bond acceptors (Lipinski definition) is 3. The quantitative estimate of drug-likeness (QED) is 0.488. The minimum absolute atomic E-state index is 0.0942. The van der Waals surface area contributed by atoms with Gasteiger partial charge in [0, 0.05) is 6.42 Å². The van der Waals surface area contributed by atoms with Gasteiger partial charge in [0.1, 0.15) is 5.75 Å². The van der Waals surface area contributed by atoms with Gasteiger partial charge in [-0.05, 0) is 29.3 Å². The smallest absolute Gasteiger partial charge is 0.211 e. The van der Waals surface area contributed by atoms with Gasteiger partial charge in [0.25, 0.3) is 0 Å². The molecule has 5 nitrogen and oxygen atoms in total. The van der Waals surface area contributed by atoms with Crippen LogP contribution in [0.15, 0.2) is 58.7 Å². The summed E-state index contributed by atoms with van der Waals surface area (Å²) in [5.74, 6) is 0.541. The molecule has 0 spiro atoms. The zero-order chi connectivity index (χ0) is 15.8. The molecule has 0 saturated heterocycles. The van der Waals surface area contributed by atoms with E-state index < -0.39 is 0 Å². The van der Waals surface area contributed by atoms with Crippen LogP contribution < -0.4 is 16.2 Å². The number of rotatable bonds is 6. The maximum atomic E-state index is 6.18. The SMILES string of the molecule is NC(N)=NN=Cc1ccc(OCCc2ccccc2)c(Cl)c1. The molecule has 0 aliphatic heterocycles. The van der Waals surface area contributed by atoms with Crippen molar-refractivity contribution >= 4 is 23.8 Å². The molecule has 0 radical (unpaired) electrons. The first-order chi connectivity index (χ1) is 10.6. The Kier molecular flexibility index (Phi) is 5.80. The highest BCUT2D eigenvalue weighted by atomic mass is 35.5. The van der Waals surface area contributed by atoms with Crippen LogP contribution in [-0.2, 0) is 6.42 Å². The fourth-order valence-electron chi connectivity index (χ4n) is 1.80. The van der Waals surface area contributed by atoms with Gasteiger partial charge in [0.15, 0.2) is 0 Å². The van der Waals surface area contributed by atoms with E-state index in [1.165, 1.54) is 11.8 Å². The van der Waals surface area contributed by atoms with Gasteiger partial charge in [-0.3, -0.25) is 0 Å². The number of halogens is 1. The predicted octanol–water partition coefficient (Wildman–Crippen LogP) is 2.57. The molecule has 6 heteroatoms. The Labute approximate surface area is 134 Å². The lowest BCUT2D eigenvalue weighted by Crippen LogP contribution is -2.21. The summed E-state index contributed by atoms with van der Waals surface area (Å²) in [6.07, 6.45) is 2.34. The van der Waals surface area contributed by atoms with E-state index >= 15 is 0 Å². The molecule has 0 unspecified atom stereocenters. The fourth-order valence-corrected chi connectivity index (χ4v) is 2.04. The van der Waals surface area contributed by atoms with E-state index in [2.05, 4.69) is 22.3 Å². The molecule has 114 valence electrons. The van der Waals surface area contributed by atoms with Crippen LogP contribution in [0.25, 0.3) is 0 Å². The molecule has 0 saturated carbocycles. The van der Waals surface area contributed by atoms with Gasteiger partial charge in [-0.15, -0.1) is 5.10 Å². The predicted molar refractivity (Wildman–Crippen MR) is 90.5 cm³/mol. The van der Waals surface area contributed by atoms with Gasteiger partial charge in [0.2, 0.25) is 5.96 Å². The topological polar surface area (TPSA) is 86.0 Å². The van der Waals surface area contributed by atoms with E-state index in [-0.39, 0.29) is 5.96 Å². The Hall–Kier alpha value is -2.53. The molecule has 0 heterocycles. The highest BCUT2D eigenvalue weighted by molar-refractivity contribution is 6.32. The highest BCUT2D eigenvalue weighted by Gasteiger charge is 2.02. The normalized spacial score (nSPS) is 10.6. The van der Waals surface area contributed by atoms with Crippen LogP contribution in [0.3, 0.4) is 0 Å². The lowest BCUT2D eigenvalue weighted by molar-refractivity contribution is 0.322. The maximum Gasteiger partial charge on any atom is 0.211 e.